The second kappa shape index (κ2) is 3.56. The molecule has 0 radical (unpaired) electrons. The highest BCUT2D eigenvalue weighted by molar-refractivity contribution is 6.18. The molecule has 0 spiro atoms. The third-order valence-corrected chi connectivity index (χ3v) is 2.09. The quantitative estimate of drug-likeness (QED) is 0.549. The molecule has 1 saturated heterocycles. The molecule has 0 bridgehead atoms. The third kappa shape index (κ3) is 1.84. The summed E-state index contributed by atoms with van der Waals surface area (Å²) < 4.78 is 10.6. The van der Waals surface area contributed by atoms with E-state index in [0.717, 1.165) is 6.61 Å². The van der Waals surface area contributed by atoms with Gasteiger partial charge in [0.15, 0.2) is 6.29 Å². The van der Waals surface area contributed by atoms with Crippen LogP contribution in [-0.4, -0.2) is 24.9 Å². The molecule has 0 saturated carbocycles. The molecule has 0 amide bonds. The highest BCUT2D eigenvalue weighted by Crippen LogP contribution is 2.17. The molecular weight excluding hydrogens is 152 g/mol. The highest BCUT2D eigenvalue weighted by Gasteiger charge is 2.24. The largest absolute Gasteiger partial charge is 0.351 e. The fraction of sp³-hybridized carbons (Fsp3) is 1.00. The molecule has 3 atom stereocenters. The Bertz CT molecular complexity index is 108. The van der Waals surface area contributed by atoms with Crippen molar-refractivity contribution >= 4 is 11.6 Å². The fourth-order valence-corrected chi connectivity index (χ4v) is 1.05. The molecule has 0 aromatic heterocycles. The Kier molecular flexibility index (Phi) is 2.96. The molecule has 0 aromatic rings. The molecule has 10 heavy (non-hydrogen) atoms. The molecule has 60 valence electrons. The first-order valence-electron chi connectivity index (χ1n) is 3.57. The first-order chi connectivity index (χ1) is 4.74. The Labute approximate surface area is 66.5 Å². The standard InChI is InChI=1S/C7H13ClO2/c1-5-4-9-7(3-8)10-6(5)2/h5-7H,3-4H2,1-2H3. The van der Waals surface area contributed by atoms with Gasteiger partial charge in [-0.3, -0.25) is 0 Å². The van der Waals surface area contributed by atoms with Gasteiger partial charge in [-0.15, -0.1) is 11.6 Å². The first-order valence-corrected chi connectivity index (χ1v) is 4.10. The van der Waals surface area contributed by atoms with Crippen molar-refractivity contribution in [3.05, 3.63) is 0 Å². The maximum Gasteiger partial charge on any atom is 0.171 e. The minimum atomic E-state index is -0.187. The summed E-state index contributed by atoms with van der Waals surface area (Å²) in [6.45, 7) is 4.92. The molecular formula is C7H13ClO2. The number of hydrogen-bond acceptors (Lipinski definition) is 2. The van der Waals surface area contributed by atoms with Gasteiger partial charge in [0.1, 0.15) is 0 Å². The average Bonchev–Trinajstić information content (AvgIpc) is 1.95. The van der Waals surface area contributed by atoms with Crippen molar-refractivity contribution in [3.63, 3.8) is 0 Å². The van der Waals surface area contributed by atoms with Gasteiger partial charge in [-0.2, -0.15) is 0 Å². The molecule has 1 heterocycles. The lowest BCUT2D eigenvalue weighted by Crippen LogP contribution is -2.37. The molecule has 1 fully saturated rings. The third-order valence-electron chi connectivity index (χ3n) is 1.84. The molecule has 3 heteroatoms. The van der Waals surface area contributed by atoms with E-state index in [0.29, 0.717) is 11.8 Å². The molecule has 3 unspecified atom stereocenters. The first kappa shape index (κ1) is 8.31. The highest BCUT2D eigenvalue weighted by atomic mass is 35.5. The maximum atomic E-state index is 5.54. The zero-order valence-electron chi connectivity index (χ0n) is 6.34. The van der Waals surface area contributed by atoms with Crippen molar-refractivity contribution in [3.8, 4) is 0 Å². The Morgan fingerprint density at radius 1 is 1.50 bits per heavy atom. The minimum absolute atomic E-state index is 0.187. The molecule has 1 aliphatic heterocycles. The Morgan fingerprint density at radius 2 is 2.20 bits per heavy atom. The van der Waals surface area contributed by atoms with Crippen molar-refractivity contribution in [2.75, 3.05) is 12.5 Å². The number of alkyl halides is 1. The van der Waals surface area contributed by atoms with Crippen LogP contribution >= 0.6 is 11.6 Å². The van der Waals surface area contributed by atoms with Crippen LogP contribution in [-0.2, 0) is 9.47 Å². The summed E-state index contributed by atoms with van der Waals surface area (Å²) in [4.78, 5) is 0. The van der Waals surface area contributed by atoms with Crippen molar-refractivity contribution in [1.82, 2.24) is 0 Å². The smallest absolute Gasteiger partial charge is 0.171 e. The summed E-state index contributed by atoms with van der Waals surface area (Å²) in [5, 5.41) is 0. The van der Waals surface area contributed by atoms with E-state index in [2.05, 4.69) is 6.92 Å². The van der Waals surface area contributed by atoms with Crippen LogP contribution in [0.4, 0.5) is 0 Å². The summed E-state index contributed by atoms with van der Waals surface area (Å²) in [6, 6.07) is 0. The topological polar surface area (TPSA) is 18.5 Å². The van der Waals surface area contributed by atoms with Crippen LogP contribution in [0.5, 0.6) is 0 Å². The molecule has 1 rings (SSSR count). The van der Waals surface area contributed by atoms with E-state index in [9.17, 15) is 0 Å². The van der Waals surface area contributed by atoms with E-state index in [1.54, 1.807) is 0 Å². The van der Waals surface area contributed by atoms with Gasteiger partial charge in [0.05, 0.1) is 18.6 Å². The Balaban J connectivity index is 2.33. The Morgan fingerprint density at radius 3 is 2.70 bits per heavy atom. The predicted molar refractivity (Wildman–Crippen MR) is 40.2 cm³/mol. The lowest BCUT2D eigenvalue weighted by atomic mass is 10.1. The summed E-state index contributed by atoms with van der Waals surface area (Å²) in [7, 11) is 0. The van der Waals surface area contributed by atoms with Crippen molar-refractivity contribution in [2.45, 2.75) is 26.2 Å². The second-order valence-electron chi connectivity index (χ2n) is 2.74. The van der Waals surface area contributed by atoms with Crippen LogP contribution in [0.25, 0.3) is 0 Å². The maximum absolute atomic E-state index is 5.54. The van der Waals surface area contributed by atoms with Gasteiger partial charge >= 0.3 is 0 Å². The lowest BCUT2D eigenvalue weighted by molar-refractivity contribution is -0.217. The molecule has 0 N–H and O–H groups in total. The van der Waals surface area contributed by atoms with Crippen LogP contribution in [0, 0.1) is 5.92 Å². The normalized spacial score (nSPS) is 41.7. The molecule has 1 aliphatic rings. The van der Waals surface area contributed by atoms with Crippen molar-refractivity contribution in [1.29, 1.82) is 0 Å². The van der Waals surface area contributed by atoms with Crippen LogP contribution in [0.3, 0.4) is 0 Å². The SMILES string of the molecule is CC1COC(CCl)OC1C. The fourth-order valence-electron chi connectivity index (χ4n) is 0.888. The Hall–Kier alpha value is 0.210. The van der Waals surface area contributed by atoms with E-state index < -0.39 is 0 Å². The predicted octanol–water partition coefficient (Wildman–Crippen LogP) is 1.62. The van der Waals surface area contributed by atoms with E-state index >= 15 is 0 Å². The molecule has 0 aromatic carbocycles. The van der Waals surface area contributed by atoms with Crippen LogP contribution in [0.2, 0.25) is 0 Å². The lowest BCUT2D eigenvalue weighted by Gasteiger charge is -2.31. The minimum Gasteiger partial charge on any atom is -0.351 e. The summed E-state index contributed by atoms with van der Waals surface area (Å²) >= 11 is 5.54. The zero-order chi connectivity index (χ0) is 7.56. The molecule has 2 nitrogen and oxygen atoms in total. The van der Waals surface area contributed by atoms with E-state index in [1.165, 1.54) is 0 Å². The van der Waals surface area contributed by atoms with Gasteiger partial charge < -0.3 is 9.47 Å². The molecule has 0 aliphatic carbocycles. The van der Waals surface area contributed by atoms with Crippen LogP contribution in [0.15, 0.2) is 0 Å². The number of hydrogen-bond donors (Lipinski definition) is 0. The van der Waals surface area contributed by atoms with Crippen molar-refractivity contribution in [2.24, 2.45) is 5.92 Å². The monoisotopic (exact) mass is 164 g/mol. The van der Waals surface area contributed by atoms with Gasteiger partial charge in [-0.1, -0.05) is 6.92 Å². The summed E-state index contributed by atoms with van der Waals surface area (Å²) in [5.74, 6) is 0.913. The average molecular weight is 165 g/mol. The van der Waals surface area contributed by atoms with Crippen LogP contribution < -0.4 is 0 Å². The van der Waals surface area contributed by atoms with E-state index in [1.807, 2.05) is 6.92 Å². The van der Waals surface area contributed by atoms with Gasteiger partial charge in [-0.05, 0) is 6.92 Å². The van der Waals surface area contributed by atoms with E-state index in [4.69, 9.17) is 21.1 Å². The van der Waals surface area contributed by atoms with Gasteiger partial charge in [0.25, 0.3) is 0 Å². The number of ether oxygens (including phenoxy) is 2. The zero-order valence-corrected chi connectivity index (χ0v) is 7.10. The summed E-state index contributed by atoms with van der Waals surface area (Å²) in [6.07, 6.45) is 0.0883. The van der Waals surface area contributed by atoms with Gasteiger partial charge in [0.2, 0.25) is 0 Å². The second-order valence-corrected chi connectivity index (χ2v) is 3.04. The van der Waals surface area contributed by atoms with E-state index in [-0.39, 0.29) is 12.4 Å². The number of halogens is 1. The van der Waals surface area contributed by atoms with Crippen molar-refractivity contribution < 1.29 is 9.47 Å². The van der Waals surface area contributed by atoms with Crippen LogP contribution in [0.1, 0.15) is 13.8 Å². The summed E-state index contributed by atoms with van der Waals surface area (Å²) in [5.41, 5.74) is 0. The number of rotatable bonds is 1. The van der Waals surface area contributed by atoms with Gasteiger partial charge in [-0.25, -0.2) is 0 Å². The van der Waals surface area contributed by atoms with Gasteiger partial charge in [0, 0.05) is 5.92 Å².